The van der Waals surface area contributed by atoms with Crippen LogP contribution in [0.4, 0.5) is 5.69 Å². The van der Waals surface area contributed by atoms with E-state index in [-0.39, 0.29) is 24.0 Å². The molecule has 0 bridgehead atoms. The van der Waals surface area contributed by atoms with Gasteiger partial charge < -0.3 is 20.5 Å². The molecule has 5 rings (SSSR count). The molecule has 2 aliphatic heterocycles. The number of ether oxygens (including phenoxy) is 2. The number of aromatic nitrogens is 1. The van der Waals surface area contributed by atoms with E-state index in [2.05, 4.69) is 10.3 Å². The van der Waals surface area contributed by atoms with Gasteiger partial charge in [-0.2, -0.15) is 0 Å². The molecule has 2 aromatic carbocycles. The molecule has 0 radical (unpaired) electrons. The summed E-state index contributed by atoms with van der Waals surface area (Å²) in [5, 5.41) is 3.72. The lowest BCUT2D eigenvalue weighted by Crippen LogP contribution is -2.45. The first-order valence-electron chi connectivity index (χ1n) is 9.23. The maximum Gasteiger partial charge on any atom is 0.341 e. The van der Waals surface area contributed by atoms with Gasteiger partial charge in [0, 0.05) is 28.4 Å². The molecular weight excluding hydrogens is 370 g/mol. The highest BCUT2D eigenvalue weighted by molar-refractivity contribution is 6.18. The van der Waals surface area contributed by atoms with Crippen molar-refractivity contribution in [2.45, 2.75) is 12.3 Å². The monoisotopic (exact) mass is 387 g/mol. The zero-order chi connectivity index (χ0) is 20.2. The summed E-state index contributed by atoms with van der Waals surface area (Å²) in [4.78, 5) is 30.9. The van der Waals surface area contributed by atoms with Gasteiger partial charge in [-0.25, -0.2) is 4.79 Å². The fourth-order valence-electron chi connectivity index (χ4n) is 4.23. The highest BCUT2D eigenvalue weighted by atomic mass is 16.5. The number of nitrogens with zero attached hydrogens (tertiary/aromatic N) is 1. The van der Waals surface area contributed by atoms with Gasteiger partial charge in [0.1, 0.15) is 16.5 Å². The molecule has 0 aliphatic carbocycles. The number of para-hydroxylation sites is 1. The molecule has 0 saturated heterocycles. The van der Waals surface area contributed by atoms with Crippen molar-refractivity contribution in [1.29, 1.82) is 0 Å². The van der Waals surface area contributed by atoms with Crippen molar-refractivity contribution in [3.63, 3.8) is 0 Å². The Morgan fingerprint density at radius 1 is 1.17 bits per heavy atom. The van der Waals surface area contributed by atoms with Crippen LogP contribution in [0.5, 0.6) is 5.75 Å². The van der Waals surface area contributed by atoms with Crippen molar-refractivity contribution < 1.29 is 19.1 Å². The van der Waals surface area contributed by atoms with E-state index in [9.17, 15) is 9.59 Å². The van der Waals surface area contributed by atoms with Crippen LogP contribution in [-0.2, 0) is 19.7 Å². The van der Waals surface area contributed by atoms with Crippen LogP contribution in [0.2, 0.25) is 0 Å². The van der Waals surface area contributed by atoms with Crippen LogP contribution in [0.1, 0.15) is 18.1 Å². The lowest BCUT2D eigenvalue weighted by molar-refractivity contribution is -0.140. The van der Waals surface area contributed by atoms with Crippen LogP contribution in [0.3, 0.4) is 0 Å². The second-order valence-corrected chi connectivity index (χ2v) is 6.83. The van der Waals surface area contributed by atoms with Crippen molar-refractivity contribution in [2.75, 3.05) is 11.9 Å². The molecule has 1 atom stereocenters. The predicted molar refractivity (Wildman–Crippen MR) is 106 cm³/mol. The molecule has 0 saturated carbocycles. The summed E-state index contributed by atoms with van der Waals surface area (Å²) in [6.45, 7) is 1.83. The minimum absolute atomic E-state index is 0.0235. The number of hydrogen-bond acceptors (Lipinski definition) is 6. The Morgan fingerprint density at radius 3 is 2.83 bits per heavy atom. The van der Waals surface area contributed by atoms with Gasteiger partial charge in [-0.1, -0.05) is 36.4 Å². The molecule has 144 valence electrons. The number of carbonyl (C=O) groups excluding carboxylic acids is 2. The number of pyridine rings is 1. The molecular formula is C22H17N3O4. The molecule has 29 heavy (non-hydrogen) atoms. The van der Waals surface area contributed by atoms with Crippen molar-refractivity contribution in [1.82, 2.24) is 4.98 Å². The largest absolute Gasteiger partial charge is 0.462 e. The van der Waals surface area contributed by atoms with Crippen molar-refractivity contribution >= 4 is 28.5 Å². The van der Waals surface area contributed by atoms with Crippen LogP contribution in [0.25, 0.3) is 10.9 Å². The zero-order valence-corrected chi connectivity index (χ0v) is 15.6. The molecule has 3 N–H and O–H groups in total. The number of nitrogens with one attached hydrogen (secondary N) is 1. The molecule has 1 spiro atoms. The first kappa shape index (κ1) is 17.2. The van der Waals surface area contributed by atoms with E-state index < -0.39 is 11.4 Å². The van der Waals surface area contributed by atoms with Crippen molar-refractivity contribution in [3.05, 3.63) is 77.3 Å². The fourth-order valence-corrected chi connectivity index (χ4v) is 4.23. The number of carbonyl (C=O) groups is 2. The minimum atomic E-state index is -1.48. The quantitative estimate of drug-likeness (QED) is 0.655. The normalized spacial score (nSPS) is 19.6. The average molecular weight is 387 g/mol. The van der Waals surface area contributed by atoms with Gasteiger partial charge in [0.25, 0.3) is 0 Å². The number of anilines is 1. The van der Waals surface area contributed by atoms with E-state index in [4.69, 9.17) is 15.2 Å². The molecule has 3 aromatic rings. The lowest BCUT2D eigenvalue weighted by atomic mass is 9.68. The maximum absolute atomic E-state index is 13.5. The molecule has 1 amide bonds. The molecule has 7 nitrogen and oxygen atoms in total. The Kier molecular flexibility index (Phi) is 3.61. The molecule has 7 heteroatoms. The van der Waals surface area contributed by atoms with E-state index in [0.717, 1.165) is 5.39 Å². The van der Waals surface area contributed by atoms with E-state index >= 15 is 0 Å². The summed E-state index contributed by atoms with van der Waals surface area (Å²) in [6, 6.07) is 14.6. The fraction of sp³-hybridized carbons (Fsp3) is 0.136. The number of benzene rings is 2. The van der Waals surface area contributed by atoms with E-state index in [1.165, 1.54) is 0 Å². The second-order valence-electron chi connectivity index (χ2n) is 6.83. The molecule has 3 heterocycles. The smallest absolute Gasteiger partial charge is 0.341 e. The topological polar surface area (TPSA) is 104 Å². The highest BCUT2D eigenvalue weighted by Gasteiger charge is 2.58. The van der Waals surface area contributed by atoms with Gasteiger partial charge >= 0.3 is 5.97 Å². The Morgan fingerprint density at radius 2 is 2.00 bits per heavy atom. The number of hydrogen-bond donors (Lipinski definition) is 2. The first-order valence-corrected chi connectivity index (χ1v) is 9.23. The van der Waals surface area contributed by atoms with Gasteiger partial charge in [-0.3, -0.25) is 9.78 Å². The minimum Gasteiger partial charge on any atom is -0.462 e. The number of amides is 1. The van der Waals surface area contributed by atoms with Crippen LogP contribution in [-0.4, -0.2) is 23.5 Å². The first-order chi connectivity index (χ1) is 14.1. The predicted octanol–water partition coefficient (Wildman–Crippen LogP) is 2.60. The Bertz CT molecular complexity index is 1230. The molecule has 0 fully saturated rings. The maximum atomic E-state index is 13.5. The van der Waals surface area contributed by atoms with Gasteiger partial charge in [-0.15, -0.1) is 0 Å². The third-order valence-corrected chi connectivity index (χ3v) is 5.37. The summed E-state index contributed by atoms with van der Waals surface area (Å²) in [5.74, 6) is -0.880. The van der Waals surface area contributed by atoms with E-state index in [0.29, 0.717) is 28.1 Å². The van der Waals surface area contributed by atoms with Crippen LogP contribution < -0.4 is 15.8 Å². The summed E-state index contributed by atoms with van der Waals surface area (Å²) in [7, 11) is 0. The summed E-state index contributed by atoms with van der Waals surface area (Å²) >= 11 is 0. The van der Waals surface area contributed by atoms with Crippen LogP contribution in [0.15, 0.2) is 66.2 Å². The van der Waals surface area contributed by atoms with E-state index in [1.807, 2.05) is 30.3 Å². The lowest BCUT2D eigenvalue weighted by Gasteiger charge is -2.35. The third-order valence-electron chi connectivity index (χ3n) is 5.37. The SMILES string of the molecule is CCOC(=O)C1=C(N)Oc2c(ccc3cccnc23)[C@@]12C(=O)Nc1ccccc12. The number of esters is 1. The number of fused-ring (bicyclic) bond motifs is 6. The van der Waals surface area contributed by atoms with Gasteiger partial charge in [-0.05, 0) is 19.1 Å². The summed E-state index contributed by atoms with van der Waals surface area (Å²) in [6.07, 6.45) is 1.64. The summed E-state index contributed by atoms with van der Waals surface area (Å²) < 4.78 is 11.1. The Balaban J connectivity index is 1.92. The number of rotatable bonds is 2. The zero-order valence-electron chi connectivity index (χ0n) is 15.6. The molecule has 0 unspecified atom stereocenters. The average Bonchev–Trinajstić information content (AvgIpc) is 3.00. The Hall–Kier alpha value is -3.87. The highest BCUT2D eigenvalue weighted by Crippen LogP contribution is 2.54. The standard InChI is InChI=1S/C22H17N3O4/c1-2-28-20(26)16-19(23)29-18-14(10-9-12-6-5-11-24-17(12)18)22(16)13-7-3-4-8-15(13)25-21(22)27/h3-11H,2,23H2,1H3,(H,25,27)/t22-/m1/s1. The third kappa shape index (κ3) is 2.15. The molecule has 1 aromatic heterocycles. The van der Waals surface area contributed by atoms with Crippen molar-refractivity contribution in [2.24, 2.45) is 5.73 Å². The van der Waals surface area contributed by atoms with Crippen LogP contribution >= 0.6 is 0 Å². The van der Waals surface area contributed by atoms with E-state index in [1.54, 1.807) is 31.3 Å². The van der Waals surface area contributed by atoms with Gasteiger partial charge in [0.05, 0.1) is 6.61 Å². The van der Waals surface area contributed by atoms with Crippen LogP contribution in [0, 0.1) is 0 Å². The second kappa shape index (κ2) is 6.07. The van der Waals surface area contributed by atoms with Gasteiger partial charge in [0.2, 0.25) is 11.8 Å². The summed E-state index contributed by atoms with van der Waals surface area (Å²) in [5.41, 5.74) is 7.03. The van der Waals surface area contributed by atoms with Gasteiger partial charge in [0.15, 0.2) is 5.75 Å². The number of nitrogens with two attached hydrogens (primary N) is 1. The Labute approximate surface area is 166 Å². The van der Waals surface area contributed by atoms with Crippen molar-refractivity contribution in [3.8, 4) is 5.75 Å². The molecule has 2 aliphatic rings.